The van der Waals surface area contributed by atoms with E-state index in [0.29, 0.717) is 27.8 Å². The molecule has 0 spiro atoms. The van der Waals surface area contributed by atoms with Crippen molar-refractivity contribution < 1.29 is 14.3 Å². The van der Waals surface area contributed by atoms with Crippen LogP contribution >= 0.6 is 11.8 Å². The molecule has 34 heavy (non-hydrogen) atoms. The van der Waals surface area contributed by atoms with Gasteiger partial charge in [0.1, 0.15) is 12.1 Å². The number of thioether (sulfide) groups is 1. The molecule has 1 heterocycles. The molecule has 4 rings (SSSR count). The highest BCUT2D eigenvalue weighted by molar-refractivity contribution is 7.99. The molecule has 0 aliphatic rings. The molecule has 0 bridgehead atoms. The summed E-state index contributed by atoms with van der Waals surface area (Å²) in [6, 6.07) is 21.8. The summed E-state index contributed by atoms with van der Waals surface area (Å²) in [5.74, 6) is 0.224. The Balaban J connectivity index is 1.41. The lowest BCUT2D eigenvalue weighted by atomic mass is 10.1. The lowest BCUT2D eigenvalue weighted by Crippen LogP contribution is -2.19. The molecule has 0 aliphatic carbocycles. The number of benzene rings is 3. The van der Waals surface area contributed by atoms with Gasteiger partial charge < -0.3 is 15.4 Å². The van der Waals surface area contributed by atoms with Gasteiger partial charge in [-0.05, 0) is 55.0 Å². The van der Waals surface area contributed by atoms with Crippen molar-refractivity contribution in [3.05, 3.63) is 90.3 Å². The molecule has 3 aromatic carbocycles. The quantitative estimate of drug-likeness (QED) is 0.364. The zero-order chi connectivity index (χ0) is 23.9. The minimum atomic E-state index is -0.326. The lowest BCUT2D eigenvalue weighted by molar-refractivity contribution is -0.113. The molecule has 0 saturated carbocycles. The molecule has 8 nitrogen and oxygen atoms in total. The van der Waals surface area contributed by atoms with Crippen molar-refractivity contribution in [3.8, 4) is 11.4 Å². The number of aromatic nitrogens is 3. The Hall–Kier alpha value is -4.11. The summed E-state index contributed by atoms with van der Waals surface area (Å²) in [7, 11) is 1.58. The van der Waals surface area contributed by atoms with Crippen molar-refractivity contribution in [1.29, 1.82) is 0 Å². The summed E-state index contributed by atoms with van der Waals surface area (Å²) >= 11 is 1.27. The van der Waals surface area contributed by atoms with E-state index in [1.807, 2.05) is 35.8 Å². The van der Waals surface area contributed by atoms with Gasteiger partial charge in [-0.15, -0.1) is 10.2 Å². The van der Waals surface area contributed by atoms with E-state index < -0.39 is 0 Å². The maximum Gasteiger partial charge on any atom is 0.257 e. The van der Waals surface area contributed by atoms with E-state index in [9.17, 15) is 9.59 Å². The van der Waals surface area contributed by atoms with E-state index in [4.69, 9.17) is 4.74 Å². The molecule has 4 aromatic rings. The number of methoxy groups -OCH3 is 1. The van der Waals surface area contributed by atoms with E-state index in [1.54, 1.807) is 62.0 Å². The molecular formula is C25H23N5O3S. The summed E-state index contributed by atoms with van der Waals surface area (Å²) in [5.41, 5.74) is 3.44. The Morgan fingerprint density at radius 3 is 2.47 bits per heavy atom. The van der Waals surface area contributed by atoms with Gasteiger partial charge >= 0.3 is 0 Å². The van der Waals surface area contributed by atoms with Crippen LogP contribution in [0.4, 0.5) is 11.4 Å². The zero-order valence-electron chi connectivity index (χ0n) is 18.7. The number of carbonyl (C=O) groups excluding carboxylic acids is 2. The van der Waals surface area contributed by atoms with Crippen molar-refractivity contribution >= 4 is 35.0 Å². The summed E-state index contributed by atoms with van der Waals surface area (Å²) in [5, 5.41) is 14.4. The van der Waals surface area contributed by atoms with Crippen LogP contribution in [0.3, 0.4) is 0 Å². The molecule has 2 amide bonds. The fourth-order valence-corrected chi connectivity index (χ4v) is 4.02. The minimum Gasteiger partial charge on any atom is -0.497 e. The second-order valence-electron chi connectivity index (χ2n) is 7.34. The van der Waals surface area contributed by atoms with Crippen molar-refractivity contribution in [1.82, 2.24) is 14.8 Å². The summed E-state index contributed by atoms with van der Waals surface area (Å²) in [6.07, 6.45) is 1.63. The van der Waals surface area contributed by atoms with Gasteiger partial charge in [0, 0.05) is 5.69 Å². The average Bonchev–Trinajstić information content (AvgIpc) is 3.32. The van der Waals surface area contributed by atoms with Crippen molar-refractivity contribution in [3.63, 3.8) is 0 Å². The van der Waals surface area contributed by atoms with Crippen LogP contribution in [0.1, 0.15) is 15.9 Å². The standard InChI is InChI=1S/C25H23N5O3S/c1-17-7-3-6-10-22(17)30-16-26-29-25(30)34-15-23(31)28-21-9-5-4-8-20(21)24(32)27-18-11-13-19(33-2)14-12-18/h3-14,16H,15H2,1-2H3,(H,27,32)(H,28,31). The average molecular weight is 474 g/mol. The van der Waals surface area contributed by atoms with Gasteiger partial charge in [0.15, 0.2) is 5.16 Å². The number of para-hydroxylation sites is 2. The SMILES string of the molecule is COc1ccc(NC(=O)c2ccccc2NC(=O)CSc2nncn2-c2ccccc2C)cc1. The number of rotatable bonds is 8. The van der Waals surface area contributed by atoms with Gasteiger partial charge in [-0.1, -0.05) is 42.1 Å². The number of hydrogen-bond donors (Lipinski definition) is 2. The predicted molar refractivity (Wildman–Crippen MR) is 133 cm³/mol. The topological polar surface area (TPSA) is 98.1 Å². The first-order valence-corrected chi connectivity index (χ1v) is 11.5. The van der Waals surface area contributed by atoms with E-state index in [0.717, 1.165) is 11.3 Å². The van der Waals surface area contributed by atoms with Crippen LogP contribution in [-0.2, 0) is 4.79 Å². The Morgan fingerprint density at radius 2 is 1.71 bits per heavy atom. The molecule has 0 unspecified atom stereocenters. The van der Waals surface area contributed by atoms with Gasteiger partial charge in [-0.3, -0.25) is 14.2 Å². The Labute approximate surface area is 201 Å². The third kappa shape index (κ3) is 5.44. The van der Waals surface area contributed by atoms with Crippen LogP contribution in [-0.4, -0.2) is 39.4 Å². The first kappa shape index (κ1) is 23.1. The number of carbonyl (C=O) groups is 2. The number of nitrogens with zero attached hydrogens (tertiary/aromatic N) is 3. The molecule has 172 valence electrons. The second kappa shape index (κ2) is 10.7. The minimum absolute atomic E-state index is 0.110. The molecule has 0 aliphatic heterocycles. The maximum absolute atomic E-state index is 12.8. The molecular weight excluding hydrogens is 450 g/mol. The van der Waals surface area contributed by atoms with Crippen LogP contribution in [0.15, 0.2) is 84.3 Å². The van der Waals surface area contributed by atoms with Gasteiger partial charge in [0.2, 0.25) is 5.91 Å². The number of ether oxygens (including phenoxy) is 1. The Kier molecular flexibility index (Phi) is 7.24. The van der Waals surface area contributed by atoms with Gasteiger partial charge in [-0.2, -0.15) is 0 Å². The third-order valence-electron chi connectivity index (χ3n) is 5.02. The second-order valence-corrected chi connectivity index (χ2v) is 8.28. The van der Waals surface area contributed by atoms with Crippen LogP contribution in [0.5, 0.6) is 5.75 Å². The number of anilines is 2. The first-order valence-electron chi connectivity index (χ1n) is 10.5. The van der Waals surface area contributed by atoms with E-state index in [1.165, 1.54) is 11.8 Å². The maximum atomic E-state index is 12.8. The number of hydrogen-bond acceptors (Lipinski definition) is 6. The Bertz CT molecular complexity index is 1300. The molecule has 2 N–H and O–H groups in total. The first-order chi connectivity index (χ1) is 16.5. The number of amides is 2. The highest BCUT2D eigenvalue weighted by Gasteiger charge is 2.15. The normalized spacial score (nSPS) is 10.5. The number of nitrogens with one attached hydrogen (secondary N) is 2. The fraction of sp³-hybridized carbons (Fsp3) is 0.120. The Morgan fingerprint density at radius 1 is 0.971 bits per heavy atom. The molecule has 0 atom stereocenters. The van der Waals surface area contributed by atoms with Crippen LogP contribution in [0, 0.1) is 6.92 Å². The van der Waals surface area contributed by atoms with Crippen LogP contribution < -0.4 is 15.4 Å². The van der Waals surface area contributed by atoms with E-state index in [-0.39, 0.29) is 17.6 Å². The summed E-state index contributed by atoms with van der Waals surface area (Å²) < 4.78 is 6.99. The smallest absolute Gasteiger partial charge is 0.257 e. The molecule has 0 fully saturated rings. The molecule has 1 aromatic heterocycles. The van der Waals surface area contributed by atoms with Crippen molar-refractivity contribution in [2.75, 3.05) is 23.5 Å². The zero-order valence-corrected chi connectivity index (χ0v) is 19.5. The predicted octanol–water partition coefficient (Wildman–Crippen LogP) is 4.57. The summed E-state index contributed by atoms with van der Waals surface area (Å²) in [6.45, 7) is 2.00. The summed E-state index contributed by atoms with van der Waals surface area (Å²) in [4.78, 5) is 25.5. The molecule has 0 radical (unpaired) electrons. The molecule has 9 heteroatoms. The lowest BCUT2D eigenvalue weighted by Gasteiger charge is -2.12. The van der Waals surface area contributed by atoms with E-state index >= 15 is 0 Å². The van der Waals surface area contributed by atoms with Gasteiger partial charge in [-0.25, -0.2) is 0 Å². The molecule has 0 saturated heterocycles. The van der Waals surface area contributed by atoms with Crippen LogP contribution in [0.2, 0.25) is 0 Å². The van der Waals surface area contributed by atoms with E-state index in [2.05, 4.69) is 20.8 Å². The van der Waals surface area contributed by atoms with Gasteiger partial charge in [0.05, 0.1) is 29.8 Å². The van der Waals surface area contributed by atoms with Crippen molar-refractivity contribution in [2.24, 2.45) is 0 Å². The highest BCUT2D eigenvalue weighted by Crippen LogP contribution is 2.23. The largest absolute Gasteiger partial charge is 0.497 e. The highest BCUT2D eigenvalue weighted by atomic mass is 32.2. The van der Waals surface area contributed by atoms with Gasteiger partial charge in [0.25, 0.3) is 5.91 Å². The van der Waals surface area contributed by atoms with Crippen molar-refractivity contribution in [2.45, 2.75) is 12.1 Å². The monoisotopic (exact) mass is 473 g/mol. The third-order valence-corrected chi connectivity index (χ3v) is 5.96. The number of aryl methyl sites for hydroxylation is 1. The fourth-order valence-electron chi connectivity index (χ4n) is 3.30. The van der Waals surface area contributed by atoms with Crippen LogP contribution in [0.25, 0.3) is 5.69 Å².